The SMILES string of the molecule is COc1ccc(-c2nc3ccccc3n2OCc2ccc(Cl)c(Cl)c2)cc1. The van der Waals surface area contributed by atoms with Gasteiger partial charge in [-0.05, 0) is 54.1 Å². The molecule has 6 heteroatoms. The van der Waals surface area contributed by atoms with Crippen LogP contribution in [0.1, 0.15) is 5.56 Å². The molecule has 0 bridgehead atoms. The van der Waals surface area contributed by atoms with Crippen LogP contribution in [0.4, 0.5) is 0 Å². The first-order chi connectivity index (χ1) is 13.2. The molecule has 4 aromatic rings. The number of hydrogen-bond donors (Lipinski definition) is 0. The predicted octanol–water partition coefficient (Wildman–Crippen LogP) is 5.65. The Hall–Kier alpha value is -2.69. The molecule has 27 heavy (non-hydrogen) atoms. The number of hydrogen-bond acceptors (Lipinski definition) is 3. The first-order valence-corrected chi connectivity index (χ1v) is 9.10. The van der Waals surface area contributed by atoms with Gasteiger partial charge in [-0.15, -0.1) is 0 Å². The minimum absolute atomic E-state index is 0.334. The number of ether oxygens (including phenoxy) is 1. The molecule has 3 aromatic carbocycles. The average Bonchev–Trinajstić information content (AvgIpc) is 3.07. The third-order valence-corrected chi connectivity index (χ3v) is 4.95. The molecule has 0 aliphatic heterocycles. The van der Waals surface area contributed by atoms with Crippen LogP contribution in [0.15, 0.2) is 66.7 Å². The molecule has 0 spiro atoms. The molecule has 136 valence electrons. The standard InChI is InChI=1S/C21H16Cl2N2O2/c1-26-16-9-7-15(8-10-16)21-24-19-4-2-3-5-20(19)25(21)27-13-14-6-11-17(22)18(23)12-14/h2-12H,13H2,1H3. The van der Waals surface area contributed by atoms with Gasteiger partial charge in [0, 0.05) is 5.56 Å². The third kappa shape index (κ3) is 3.59. The van der Waals surface area contributed by atoms with Crippen molar-refractivity contribution in [3.8, 4) is 17.1 Å². The van der Waals surface area contributed by atoms with E-state index < -0.39 is 0 Å². The van der Waals surface area contributed by atoms with E-state index in [0.29, 0.717) is 16.7 Å². The second-order valence-corrected chi connectivity index (χ2v) is 6.78. The summed E-state index contributed by atoms with van der Waals surface area (Å²) in [6.45, 7) is 0.334. The highest BCUT2D eigenvalue weighted by molar-refractivity contribution is 6.42. The molecule has 0 saturated heterocycles. The van der Waals surface area contributed by atoms with E-state index in [1.165, 1.54) is 0 Å². The number of imidazole rings is 1. The van der Waals surface area contributed by atoms with Gasteiger partial charge in [-0.3, -0.25) is 0 Å². The molecule has 0 N–H and O–H groups in total. The molecular formula is C21H16Cl2N2O2. The fraction of sp³-hybridized carbons (Fsp3) is 0.0952. The Morgan fingerprint density at radius 3 is 2.44 bits per heavy atom. The molecule has 0 aliphatic rings. The minimum atomic E-state index is 0.334. The van der Waals surface area contributed by atoms with E-state index in [0.717, 1.165) is 33.7 Å². The largest absolute Gasteiger partial charge is 0.497 e. The predicted molar refractivity (Wildman–Crippen MR) is 108 cm³/mol. The lowest BCUT2D eigenvalue weighted by Gasteiger charge is -2.12. The summed E-state index contributed by atoms with van der Waals surface area (Å²) in [6.07, 6.45) is 0. The molecule has 0 amide bonds. The van der Waals surface area contributed by atoms with E-state index in [1.807, 2.05) is 54.6 Å². The summed E-state index contributed by atoms with van der Waals surface area (Å²) in [5.74, 6) is 1.51. The average molecular weight is 399 g/mol. The van der Waals surface area contributed by atoms with Crippen LogP contribution in [0.2, 0.25) is 10.0 Å². The highest BCUT2D eigenvalue weighted by Crippen LogP contribution is 2.27. The minimum Gasteiger partial charge on any atom is -0.497 e. The Morgan fingerprint density at radius 2 is 1.70 bits per heavy atom. The lowest BCUT2D eigenvalue weighted by Crippen LogP contribution is -2.12. The van der Waals surface area contributed by atoms with Crippen LogP contribution in [-0.4, -0.2) is 16.8 Å². The fourth-order valence-corrected chi connectivity index (χ4v) is 3.15. The number of benzene rings is 3. The van der Waals surface area contributed by atoms with Gasteiger partial charge in [-0.1, -0.05) is 41.4 Å². The lowest BCUT2D eigenvalue weighted by atomic mass is 10.2. The van der Waals surface area contributed by atoms with Crippen LogP contribution in [0.25, 0.3) is 22.4 Å². The summed E-state index contributed by atoms with van der Waals surface area (Å²) in [7, 11) is 1.64. The molecule has 0 fully saturated rings. The van der Waals surface area contributed by atoms with Crippen LogP contribution in [0.5, 0.6) is 5.75 Å². The number of aromatic nitrogens is 2. The van der Waals surface area contributed by atoms with Crippen molar-refractivity contribution in [2.24, 2.45) is 0 Å². The first-order valence-electron chi connectivity index (χ1n) is 8.35. The Kier molecular flexibility index (Phi) is 4.92. The molecule has 4 rings (SSSR count). The van der Waals surface area contributed by atoms with Crippen molar-refractivity contribution in [3.05, 3.63) is 82.3 Å². The second-order valence-electron chi connectivity index (χ2n) is 5.97. The number of fused-ring (bicyclic) bond motifs is 1. The molecule has 0 radical (unpaired) electrons. The van der Waals surface area contributed by atoms with E-state index >= 15 is 0 Å². The maximum Gasteiger partial charge on any atom is 0.176 e. The van der Waals surface area contributed by atoms with Crippen LogP contribution in [0.3, 0.4) is 0 Å². The highest BCUT2D eigenvalue weighted by Gasteiger charge is 2.14. The Labute approximate surface area is 166 Å². The summed E-state index contributed by atoms with van der Waals surface area (Å²) >= 11 is 12.1. The molecule has 0 unspecified atom stereocenters. The number of nitrogens with zero attached hydrogens (tertiary/aromatic N) is 2. The van der Waals surface area contributed by atoms with Crippen molar-refractivity contribution in [1.82, 2.24) is 9.71 Å². The van der Waals surface area contributed by atoms with Crippen molar-refractivity contribution in [2.45, 2.75) is 6.61 Å². The van der Waals surface area contributed by atoms with Gasteiger partial charge >= 0.3 is 0 Å². The van der Waals surface area contributed by atoms with Crippen LogP contribution in [0, 0.1) is 0 Å². The van der Waals surface area contributed by atoms with Crippen LogP contribution < -0.4 is 9.57 Å². The number of rotatable bonds is 5. The van der Waals surface area contributed by atoms with Crippen molar-refractivity contribution >= 4 is 34.2 Å². The molecule has 4 nitrogen and oxygen atoms in total. The molecule has 0 saturated carbocycles. The van der Waals surface area contributed by atoms with Gasteiger partial charge in [0.25, 0.3) is 0 Å². The molecule has 1 heterocycles. The molecule has 1 aromatic heterocycles. The van der Waals surface area contributed by atoms with E-state index in [9.17, 15) is 0 Å². The van der Waals surface area contributed by atoms with E-state index in [1.54, 1.807) is 24.0 Å². The molecular weight excluding hydrogens is 383 g/mol. The van der Waals surface area contributed by atoms with Crippen LogP contribution in [-0.2, 0) is 6.61 Å². The molecule has 0 aliphatic carbocycles. The fourth-order valence-electron chi connectivity index (χ4n) is 2.83. The monoisotopic (exact) mass is 398 g/mol. The Bertz CT molecular complexity index is 1090. The molecule has 0 atom stereocenters. The van der Waals surface area contributed by atoms with Gasteiger partial charge < -0.3 is 9.57 Å². The van der Waals surface area contributed by atoms with Crippen molar-refractivity contribution in [1.29, 1.82) is 0 Å². The zero-order valence-electron chi connectivity index (χ0n) is 14.5. The van der Waals surface area contributed by atoms with Crippen molar-refractivity contribution < 1.29 is 9.57 Å². The zero-order valence-corrected chi connectivity index (χ0v) is 16.0. The van der Waals surface area contributed by atoms with Gasteiger partial charge in [0.05, 0.1) is 22.7 Å². The maximum atomic E-state index is 6.11. The maximum absolute atomic E-state index is 6.11. The summed E-state index contributed by atoms with van der Waals surface area (Å²) in [5.41, 5.74) is 3.60. The van der Waals surface area contributed by atoms with E-state index in [2.05, 4.69) is 0 Å². The summed E-state index contributed by atoms with van der Waals surface area (Å²) in [6, 6.07) is 21.0. The number of para-hydroxylation sites is 2. The summed E-state index contributed by atoms with van der Waals surface area (Å²) < 4.78 is 6.99. The van der Waals surface area contributed by atoms with Crippen LogP contribution >= 0.6 is 23.2 Å². The zero-order chi connectivity index (χ0) is 18.8. The number of halogens is 2. The normalized spacial score (nSPS) is 10.9. The topological polar surface area (TPSA) is 36.3 Å². The Morgan fingerprint density at radius 1 is 0.926 bits per heavy atom. The van der Waals surface area contributed by atoms with E-state index in [4.69, 9.17) is 37.8 Å². The smallest absolute Gasteiger partial charge is 0.176 e. The quantitative estimate of drug-likeness (QED) is 0.435. The third-order valence-electron chi connectivity index (χ3n) is 4.21. The first kappa shape index (κ1) is 17.7. The lowest BCUT2D eigenvalue weighted by molar-refractivity contribution is 0.110. The van der Waals surface area contributed by atoms with Gasteiger partial charge in [0.2, 0.25) is 0 Å². The van der Waals surface area contributed by atoms with Gasteiger partial charge in [-0.25, -0.2) is 4.98 Å². The van der Waals surface area contributed by atoms with E-state index in [-0.39, 0.29) is 0 Å². The van der Waals surface area contributed by atoms with Crippen molar-refractivity contribution in [3.63, 3.8) is 0 Å². The van der Waals surface area contributed by atoms with Gasteiger partial charge in [-0.2, -0.15) is 4.73 Å². The second kappa shape index (κ2) is 7.51. The van der Waals surface area contributed by atoms with Gasteiger partial charge in [0.15, 0.2) is 5.82 Å². The highest BCUT2D eigenvalue weighted by atomic mass is 35.5. The Balaban J connectivity index is 1.72. The summed E-state index contributed by atoms with van der Waals surface area (Å²) in [5, 5.41) is 1.02. The number of methoxy groups -OCH3 is 1. The van der Waals surface area contributed by atoms with Gasteiger partial charge in [0.1, 0.15) is 17.9 Å². The van der Waals surface area contributed by atoms with Crippen molar-refractivity contribution in [2.75, 3.05) is 7.11 Å². The summed E-state index contributed by atoms with van der Waals surface area (Å²) in [4.78, 5) is 10.8.